The zero-order valence-corrected chi connectivity index (χ0v) is 14.0. The molecule has 122 valence electrons. The molecule has 0 saturated carbocycles. The van der Waals surface area contributed by atoms with E-state index in [1.54, 1.807) is 6.92 Å². The molecule has 2 rings (SSSR count). The highest BCUT2D eigenvalue weighted by Crippen LogP contribution is 2.10. The molecule has 2 aromatic carbocycles. The lowest BCUT2D eigenvalue weighted by Gasteiger charge is -2.06. The Morgan fingerprint density at radius 2 is 1.83 bits per heavy atom. The summed E-state index contributed by atoms with van der Waals surface area (Å²) in [7, 11) is 0. The Morgan fingerprint density at radius 3 is 2.50 bits per heavy atom. The van der Waals surface area contributed by atoms with Gasteiger partial charge in [-0.1, -0.05) is 66.1 Å². The SMILES string of the molecule is CCOC(=O)/C=C(\NC#CCc1ccc(C)cc1)c1ccccc1. The number of esters is 1. The molecule has 1 N–H and O–H groups in total. The number of nitrogens with one attached hydrogen (secondary N) is 1. The van der Waals surface area contributed by atoms with Gasteiger partial charge in [-0.05, 0) is 25.0 Å². The molecule has 0 unspecified atom stereocenters. The van der Waals surface area contributed by atoms with Crippen LogP contribution in [0.25, 0.3) is 5.70 Å². The van der Waals surface area contributed by atoms with Crippen molar-refractivity contribution >= 4 is 11.7 Å². The molecule has 3 nitrogen and oxygen atoms in total. The first-order chi connectivity index (χ1) is 11.7. The molecule has 0 atom stereocenters. The first-order valence-electron chi connectivity index (χ1n) is 7.92. The fourth-order valence-electron chi connectivity index (χ4n) is 2.07. The smallest absolute Gasteiger partial charge is 0.332 e. The highest BCUT2D eigenvalue weighted by Gasteiger charge is 2.04. The van der Waals surface area contributed by atoms with E-state index >= 15 is 0 Å². The predicted octanol–water partition coefficient (Wildman–Crippen LogP) is 3.69. The van der Waals surface area contributed by atoms with Crippen LogP contribution in [0.15, 0.2) is 60.7 Å². The largest absolute Gasteiger partial charge is 0.463 e. The average Bonchev–Trinajstić information content (AvgIpc) is 2.60. The lowest BCUT2D eigenvalue weighted by molar-refractivity contribution is -0.137. The Labute approximate surface area is 143 Å². The number of aryl methyl sites for hydroxylation is 1. The predicted molar refractivity (Wildman–Crippen MR) is 96.8 cm³/mol. The molecular weight excluding hydrogens is 298 g/mol. The minimum Gasteiger partial charge on any atom is -0.463 e. The van der Waals surface area contributed by atoms with Crippen LogP contribution >= 0.6 is 0 Å². The molecule has 0 saturated heterocycles. The van der Waals surface area contributed by atoms with E-state index in [9.17, 15) is 4.79 Å². The Balaban J connectivity index is 2.07. The second kappa shape index (κ2) is 9.22. The maximum absolute atomic E-state index is 11.7. The highest BCUT2D eigenvalue weighted by molar-refractivity contribution is 5.91. The molecular formula is C21H21NO2. The maximum atomic E-state index is 11.7. The van der Waals surface area contributed by atoms with E-state index in [0.29, 0.717) is 18.7 Å². The van der Waals surface area contributed by atoms with Gasteiger partial charge >= 0.3 is 5.97 Å². The number of benzene rings is 2. The molecule has 0 radical (unpaired) electrons. The van der Waals surface area contributed by atoms with Gasteiger partial charge in [0, 0.05) is 18.5 Å². The van der Waals surface area contributed by atoms with Crippen molar-refractivity contribution in [3.8, 4) is 12.0 Å². The second-order valence-electron chi connectivity index (χ2n) is 5.27. The second-order valence-corrected chi connectivity index (χ2v) is 5.27. The fraction of sp³-hybridized carbons (Fsp3) is 0.190. The van der Waals surface area contributed by atoms with Crippen molar-refractivity contribution < 1.29 is 9.53 Å². The molecule has 0 bridgehead atoms. The summed E-state index contributed by atoms with van der Waals surface area (Å²) in [4.78, 5) is 11.7. The Morgan fingerprint density at radius 1 is 1.12 bits per heavy atom. The summed E-state index contributed by atoms with van der Waals surface area (Å²) in [6.07, 6.45) is 2.08. The monoisotopic (exact) mass is 319 g/mol. The molecule has 0 spiro atoms. The van der Waals surface area contributed by atoms with E-state index in [0.717, 1.165) is 11.1 Å². The van der Waals surface area contributed by atoms with Crippen LogP contribution in [0, 0.1) is 18.9 Å². The molecule has 0 aromatic heterocycles. The summed E-state index contributed by atoms with van der Waals surface area (Å²) in [6, 6.07) is 20.8. The van der Waals surface area contributed by atoms with Gasteiger partial charge in [-0.15, -0.1) is 0 Å². The van der Waals surface area contributed by atoms with Gasteiger partial charge in [0.15, 0.2) is 0 Å². The van der Waals surface area contributed by atoms with Gasteiger partial charge in [-0.3, -0.25) is 0 Å². The molecule has 0 heterocycles. The minimum absolute atomic E-state index is 0.344. The number of ether oxygens (including phenoxy) is 1. The summed E-state index contributed by atoms with van der Waals surface area (Å²) in [5, 5.41) is 3.01. The number of carbonyl (C=O) groups is 1. The first kappa shape index (κ1) is 17.4. The number of hydrogen-bond donors (Lipinski definition) is 1. The zero-order chi connectivity index (χ0) is 17.2. The van der Waals surface area contributed by atoms with Crippen LogP contribution in [0.1, 0.15) is 23.6 Å². The van der Waals surface area contributed by atoms with Gasteiger partial charge in [-0.2, -0.15) is 0 Å². The Kier molecular flexibility index (Phi) is 6.67. The number of rotatable bonds is 5. The molecule has 0 aliphatic rings. The molecule has 0 aliphatic heterocycles. The minimum atomic E-state index is -0.385. The lowest BCUT2D eigenvalue weighted by atomic mass is 10.1. The van der Waals surface area contributed by atoms with Crippen molar-refractivity contribution in [3.05, 3.63) is 77.4 Å². The summed E-state index contributed by atoms with van der Waals surface area (Å²) in [6.45, 7) is 4.18. The van der Waals surface area contributed by atoms with Crippen LogP contribution in [0.5, 0.6) is 0 Å². The van der Waals surface area contributed by atoms with Crippen LogP contribution in [0.3, 0.4) is 0 Å². The van der Waals surface area contributed by atoms with Gasteiger partial charge in [0.05, 0.1) is 12.3 Å². The van der Waals surface area contributed by atoms with Crippen LogP contribution in [-0.4, -0.2) is 12.6 Å². The van der Waals surface area contributed by atoms with Crippen molar-refractivity contribution in [1.29, 1.82) is 0 Å². The third kappa shape index (κ3) is 5.66. The summed E-state index contributed by atoms with van der Waals surface area (Å²) in [5.74, 6) is 2.69. The molecule has 3 heteroatoms. The Hall–Kier alpha value is -2.99. The lowest BCUT2D eigenvalue weighted by Crippen LogP contribution is -2.09. The topological polar surface area (TPSA) is 38.3 Å². The third-order valence-electron chi connectivity index (χ3n) is 3.33. The third-order valence-corrected chi connectivity index (χ3v) is 3.33. The summed E-state index contributed by atoms with van der Waals surface area (Å²) in [5.41, 5.74) is 3.90. The van der Waals surface area contributed by atoms with Crippen molar-refractivity contribution in [2.45, 2.75) is 20.3 Å². The standard InChI is InChI=1S/C21H21NO2/c1-3-24-21(23)16-20(19-9-5-4-6-10-19)22-15-7-8-18-13-11-17(2)12-14-18/h4-6,9-14,16,22H,3,8H2,1-2H3/b20-16-. The van der Waals surface area contributed by atoms with Gasteiger partial charge < -0.3 is 10.1 Å². The first-order valence-corrected chi connectivity index (χ1v) is 7.92. The van der Waals surface area contributed by atoms with Crippen molar-refractivity contribution in [1.82, 2.24) is 5.32 Å². The number of hydrogen-bond acceptors (Lipinski definition) is 3. The summed E-state index contributed by atoms with van der Waals surface area (Å²) >= 11 is 0. The van der Waals surface area contributed by atoms with E-state index in [1.807, 2.05) is 30.3 Å². The normalized spacial score (nSPS) is 10.5. The van der Waals surface area contributed by atoms with E-state index in [4.69, 9.17) is 4.74 Å². The van der Waals surface area contributed by atoms with E-state index in [2.05, 4.69) is 48.5 Å². The zero-order valence-electron chi connectivity index (χ0n) is 14.0. The van der Waals surface area contributed by atoms with Crippen molar-refractivity contribution in [2.24, 2.45) is 0 Å². The summed E-state index contributed by atoms with van der Waals surface area (Å²) < 4.78 is 4.98. The van der Waals surface area contributed by atoms with Crippen LogP contribution in [0.4, 0.5) is 0 Å². The molecule has 2 aromatic rings. The van der Waals surface area contributed by atoms with Gasteiger partial charge in [0.1, 0.15) is 0 Å². The molecule has 0 fully saturated rings. The van der Waals surface area contributed by atoms with Gasteiger partial charge in [0.25, 0.3) is 0 Å². The van der Waals surface area contributed by atoms with Crippen molar-refractivity contribution in [3.63, 3.8) is 0 Å². The van der Waals surface area contributed by atoms with Crippen LogP contribution < -0.4 is 5.32 Å². The highest BCUT2D eigenvalue weighted by atomic mass is 16.5. The quantitative estimate of drug-likeness (QED) is 0.395. The van der Waals surface area contributed by atoms with Crippen molar-refractivity contribution in [2.75, 3.05) is 6.61 Å². The van der Waals surface area contributed by atoms with Crippen LogP contribution in [0.2, 0.25) is 0 Å². The maximum Gasteiger partial charge on any atom is 0.332 e. The van der Waals surface area contributed by atoms with Crippen LogP contribution in [-0.2, 0) is 16.0 Å². The van der Waals surface area contributed by atoms with E-state index in [1.165, 1.54) is 11.6 Å². The Bertz CT molecular complexity index is 750. The molecule has 0 aliphatic carbocycles. The average molecular weight is 319 g/mol. The van der Waals surface area contributed by atoms with E-state index < -0.39 is 0 Å². The van der Waals surface area contributed by atoms with Gasteiger partial charge in [-0.25, -0.2) is 4.79 Å². The molecule has 24 heavy (non-hydrogen) atoms. The molecule has 0 amide bonds. The fourth-order valence-corrected chi connectivity index (χ4v) is 2.07. The van der Waals surface area contributed by atoms with Gasteiger partial charge in [0.2, 0.25) is 0 Å². The number of carbonyl (C=O) groups excluding carboxylic acids is 1. The van der Waals surface area contributed by atoms with E-state index in [-0.39, 0.29) is 5.97 Å².